The van der Waals surface area contributed by atoms with E-state index in [2.05, 4.69) is 15.5 Å². The Morgan fingerprint density at radius 3 is 3.17 bits per heavy atom. The molecule has 18 heavy (non-hydrogen) atoms. The smallest absolute Gasteiger partial charge is 0.257 e. The molecule has 0 aliphatic carbocycles. The van der Waals surface area contributed by atoms with Crippen molar-refractivity contribution in [3.8, 4) is 0 Å². The van der Waals surface area contributed by atoms with Crippen LogP contribution >= 0.6 is 0 Å². The highest BCUT2D eigenvalue weighted by atomic mass is 16.5. The SMILES string of the molecule is C/C=C/CCNC(=O)c1cnc2onc(C)c2c1. The van der Waals surface area contributed by atoms with Gasteiger partial charge in [0.05, 0.1) is 16.6 Å². The molecule has 0 aliphatic heterocycles. The number of amides is 1. The summed E-state index contributed by atoms with van der Waals surface area (Å²) in [6, 6.07) is 1.75. The second kappa shape index (κ2) is 5.44. The number of fused-ring (bicyclic) bond motifs is 1. The Balaban J connectivity index is 2.10. The van der Waals surface area contributed by atoms with E-state index in [0.717, 1.165) is 17.5 Å². The summed E-state index contributed by atoms with van der Waals surface area (Å²) in [6.45, 7) is 4.39. The lowest BCUT2D eigenvalue weighted by Gasteiger charge is -2.02. The maximum absolute atomic E-state index is 11.9. The van der Waals surface area contributed by atoms with Crippen LogP contribution < -0.4 is 5.32 Å². The van der Waals surface area contributed by atoms with Crippen LogP contribution in [-0.2, 0) is 0 Å². The summed E-state index contributed by atoms with van der Waals surface area (Å²) >= 11 is 0. The van der Waals surface area contributed by atoms with Crippen molar-refractivity contribution in [2.24, 2.45) is 0 Å². The second-order valence-electron chi connectivity index (χ2n) is 3.96. The molecule has 0 aromatic carbocycles. The molecular formula is C13H15N3O2. The van der Waals surface area contributed by atoms with Crippen molar-refractivity contribution in [2.75, 3.05) is 6.54 Å². The number of rotatable bonds is 4. The molecule has 0 fully saturated rings. The topological polar surface area (TPSA) is 68.0 Å². The molecule has 0 aliphatic rings. The summed E-state index contributed by atoms with van der Waals surface area (Å²) in [5, 5.41) is 7.41. The third kappa shape index (κ3) is 2.56. The van der Waals surface area contributed by atoms with Crippen LogP contribution in [0.1, 0.15) is 29.4 Å². The van der Waals surface area contributed by atoms with Gasteiger partial charge in [-0.25, -0.2) is 4.98 Å². The summed E-state index contributed by atoms with van der Waals surface area (Å²) in [5.41, 5.74) is 1.72. The van der Waals surface area contributed by atoms with Gasteiger partial charge in [0.1, 0.15) is 0 Å². The van der Waals surface area contributed by atoms with Gasteiger partial charge in [0.2, 0.25) is 0 Å². The van der Waals surface area contributed by atoms with E-state index in [1.165, 1.54) is 6.20 Å². The molecule has 2 rings (SSSR count). The van der Waals surface area contributed by atoms with Gasteiger partial charge in [-0.05, 0) is 26.3 Å². The van der Waals surface area contributed by atoms with E-state index in [9.17, 15) is 4.79 Å². The van der Waals surface area contributed by atoms with Crippen molar-refractivity contribution in [3.05, 3.63) is 35.7 Å². The predicted molar refractivity (Wildman–Crippen MR) is 68.3 cm³/mol. The Kier molecular flexibility index (Phi) is 3.72. The van der Waals surface area contributed by atoms with Crippen LogP contribution in [0.3, 0.4) is 0 Å². The minimum Gasteiger partial charge on any atom is -0.352 e. The zero-order chi connectivity index (χ0) is 13.0. The van der Waals surface area contributed by atoms with Crippen LogP contribution in [0.4, 0.5) is 0 Å². The van der Waals surface area contributed by atoms with Crippen molar-refractivity contribution in [3.63, 3.8) is 0 Å². The highest BCUT2D eigenvalue weighted by molar-refractivity contribution is 5.96. The molecule has 0 bridgehead atoms. The van der Waals surface area contributed by atoms with Crippen LogP contribution in [-0.4, -0.2) is 22.6 Å². The van der Waals surface area contributed by atoms with Gasteiger partial charge in [-0.3, -0.25) is 4.79 Å². The number of carbonyl (C=O) groups is 1. The Labute approximate surface area is 105 Å². The van der Waals surface area contributed by atoms with Gasteiger partial charge in [-0.15, -0.1) is 0 Å². The molecule has 5 heteroatoms. The largest absolute Gasteiger partial charge is 0.352 e. The third-order valence-electron chi connectivity index (χ3n) is 2.60. The Morgan fingerprint density at radius 1 is 1.56 bits per heavy atom. The summed E-state index contributed by atoms with van der Waals surface area (Å²) in [4.78, 5) is 15.9. The van der Waals surface area contributed by atoms with Gasteiger partial charge in [0.25, 0.3) is 11.6 Å². The molecule has 0 saturated carbocycles. The Hall–Kier alpha value is -2.17. The van der Waals surface area contributed by atoms with Crippen LogP contribution in [0, 0.1) is 6.92 Å². The fraction of sp³-hybridized carbons (Fsp3) is 0.308. The van der Waals surface area contributed by atoms with Gasteiger partial charge < -0.3 is 9.84 Å². The van der Waals surface area contributed by atoms with Crippen LogP contribution in [0.5, 0.6) is 0 Å². The fourth-order valence-electron chi connectivity index (χ4n) is 1.61. The standard InChI is InChI=1S/C13H15N3O2/c1-3-4-5-6-14-12(17)10-7-11-9(2)16-18-13(11)15-8-10/h3-4,7-8H,5-6H2,1-2H3,(H,14,17)/b4-3+. The van der Waals surface area contributed by atoms with Crippen LogP contribution in [0.15, 0.2) is 28.9 Å². The molecule has 0 atom stereocenters. The van der Waals surface area contributed by atoms with E-state index in [4.69, 9.17) is 4.52 Å². The first-order valence-corrected chi connectivity index (χ1v) is 5.83. The number of carbonyl (C=O) groups excluding carboxylic acids is 1. The Bertz CT molecular complexity index is 587. The first-order valence-electron chi connectivity index (χ1n) is 5.83. The lowest BCUT2D eigenvalue weighted by Crippen LogP contribution is -2.24. The molecule has 0 radical (unpaired) electrons. The maximum atomic E-state index is 11.9. The van der Waals surface area contributed by atoms with Crippen molar-refractivity contribution >= 4 is 17.0 Å². The van der Waals surface area contributed by atoms with Crippen molar-refractivity contribution in [2.45, 2.75) is 20.3 Å². The first-order chi connectivity index (χ1) is 8.72. The van der Waals surface area contributed by atoms with Gasteiger partial charge in [-0.2, -0.15) is 0 Å². The van der Waals surface area contributed by atoms with E-state index in [1.54, 1.807) is 6.07 Å². The van der Waals surface area contributed by atoms with E-state index >= 15 is 0 Å². The molecule has 1 amide bonds. The highest BCUT2D eigenvalue weighted by Crippen LogP contribution is 2.16. The minimum atomic E-state index is -0.130. The van der Waals surface area contributed by atoms with Crippen molar-refractivity contribution in [1.29, 1.82) is 0 Å². The summed E-state index contributed by atoms with van der Waals surface area (Å²) < 4.78 is 4.99. The van der Waals surface area contributed by atoms with Crippen molar-refractivity contribution < 1.29 is 9.32 Å². The average molecular weight is 245 g/mol. The molecule has 0 saturated heterocycles. The minimum absolute atomic E-state index is 0.130. The molecule has 2 aromatic heterocycles. The van der Waals surface area contributed by atoms with Gasteiger partial charge in [0.15, 0.2) is 0 Å². The molecule has 0 spiro atoms. The monoisotopic (exact) mass is 245 g/mol. The zero-order valence-electron chi connectivity index (χ0n) is 10.4. The molecule has 0 unspecified atom stereocenters. The van der Waals surface area contributed by atoms with E-state index in [0.29, 0.717) is 17.8 Å². The van der Waals surface area contributed by atoms with Crippen LogP contribution in [0.2, 0.25) is 0 Å². The van der Waals surface area contributed by atoms with E-state index < -0.39 is 0 Å². The van der Waals surface area contributed by atoms with E-state index in [-0.39, 0.29) is 5.91 Å². The van der Waals surface area contributed by atoms with E-state index in [1.807, 2.05) is 26.0 Å². The van der Waals surface area contributed by atoms with Crippen molar-refractivity contribution in [1.82, 2.24) is 15.5 Å². The number of aromatic nitrogens is 2. The highest BCUT2D eigenvalue weighted by Gasteiger charge is 2.10. The molecule has 2 heterocycles. The normalized spacial score (nSPS) is 11.2. The van der Waals surface area contributed by atoms with Gasteiger partial charge in [-0.1, -0.05) is 17.3 Å². The predicted octanol–water partition coefficient (Wildman–Crippen LogP) is 2.23. The zero-order valence-corrected chi connectivity index (χ0v) is 10.4. The summed E-state index contributed by atoms with van der Waals surface area (Å²) in [5.74, 6) is -0.130. The molecule has 2 aromatic rings. The average Bonchev–Trinajstić information content (AvgIpc) is 2.76. The number of nitrogens with zero attached hydrogens (tertiary/aromatic N) is 2. The van der Waals surface area contributed by atoms with Crippen LogP contribution in [0.25, 0.3) is 11.1 Å². The first kappa shape index (κ1) is 12.3. The lowest BCUT2D eigenvalue weighted by molar-refractivity contribution is 0.0954. The molecule has 1 N–H and O–H groups in total. The second-order valence-corrected chi connectivity index (χ2v) is 3.96. The molecular weight excluding hydrogens is 230 g/mol. The number of nitrogens with one attached hydrogen (secondary N) is 1. The fourth-order valence-corrected chi connectivity index (χ4v) is 1.61. The third-order valence-corrected chi connectivity index (χ3v) is 2.60. The number of pyridine rings is 1. The number of hydrogen-bond donors (Lipinski definition) is 1. The number of hydrogen-bond acceptors (Lipinski definition) is 4. The maximum Gasteiger partial charge on any atom is 0.257 e. The molecule has 5 nitrogen and oxygen atoms in total. The number of allylic oxidation sites excluding steroid dienone is 1. The Morgan fingerprint density at radius 2 is 2.39 bits per heavy atom. The molecule has 94 valence electrons. The summed E-state index contributed by atoms with van der Waals surface area (Å²) in [6.07, 6.45) is 6.29. The van der Waals surface area contributed by atoms with Gasteiger partial charge in [0, 0.05) is 12.7 Å². The number of aryl methyl sites for hydroxylation is 1. The summed E-state index contributed by atoms with van der Waals surface area (Å²) in [7, 11) is 0. The van der Waals surface area contributed by atoms with Gasteiger partial charge >= 0.3 is 0 Å². The lowest BCUT2D eigenvalue weighted by atomic mass is 10.2. The quantitative estimate of drug-likeness (QED) is 0.662.